The van der Waals surface area contributed by atoms with E-state index in [1.165, 1.54) is 17.0 Å². The molecular formula is C19H16N2O5. The number of benzene rings is 2. The molecule has 0 radical (unpaired) electrons. The first kappa shape index (κ1) is 17.3. The van der Waals surface area contributed by atoms with Crippen molar-refractivity contribution in [1.82, 2.24) is 4.90 Å². The molecule has 0 bridgehead atoms. The molecule has 0 aliphatic carbocycles. The molecule has 132 valence electrons. The number of amides is 3. The number of imide groups is 1. The van der Waals surface area contributed by atoms with Gasteiger partial charge in [-0.25, -0.2) is 0 Å². The largest absolute Gasteiger partial charge is 0.454 e. The van der Waals surface area contributed by atoms with Crippen LogP contribution in [0.15, 0.2) is 54.6 Å². The van der Waals surface area contributed by atoms with Crippen molar-refractivity contribution in [1.29, 1.82) is 0 Å². The van der Waals surface area contributed by atoms with Crippen LogP contribution in [0.3, 0.4) is 0 Å². The van der Waals surface area contributed by atoms with Crippen LogP contribution in [-0.2, 0) is 14.3 Å². The number of nitrogens with zero attached hydrogens (tertiary/aromatic N) is 2. The molecule has 3 rings (SSSR count). The van der Waals surface area contributed by atoms with Crippen LogP contribution in [0.25, 0.3) is 0 Å². The van der Waals surface area contributed by atoms with Crippen LogP contribution in [0, 0.1) is 0 Å². The van der Waals surface area contributed by atoms with Crippen molar-refractivity contribution in [2.24, 2.45) is 0 Å². The van der Waals surface area contributed by atoms with Gasteiger partial charge in [0.2, 0.25) is 0 Å². The summed E-state index contributed by atoms with van der Waals surface area (Å²) in [6.07, 6.45) is 0. The Hall–Kier alpha value is -3.48. The van der Waals surface area contributed by atoms with Crippen LogP contribution in [-0.4, -0.2) is 48.8 Å². The predicted octanol–water partition coefficient (Wildman–Crippen LogP) is 1.49. The maximum Gasteiger partial charge on any atom is 0.326 e. The number of fused-ring (bicyclic) bond motifs is 1. The maximum atomic E-state index is 12.2. The number of carbonyl (C=O) groups excluding carboxylic acids is 4. The Morgan fingerprint density at radius 2 is 1.46 bits per heavy atom. The first-order valence-corrected chi connectivity index (χ1v) is 7.91. The molecule has 3 amide bonds. The number of likely N-dealkylation sites (N-methyl/N-ethyl adjacent to an activating group) is 1. The van der Waals surface area contributed by atoms with Gasteiger partial charge in [-0.3, -0.25) is 24.1 Å². The molecule has 0 saturated heterocycles. The molecule has 0 saturated carbocycles. The van der Waals surface area contributed by atoms with Crippen LogP contribution in [0.4, 0.5) is 5.69 Å². The summed E-state index contributed by atoms with van der Waals surface area (Å²) in [6.45, 7) is -1.01. The summed E-state index contributed by atoms with van der Waals surface area (Å²) < 4.78 is 4.93. The molecule has 0 fully saturated rings. The Morgan fingerprint density at radius 3 is 2.04 bits per heavy atom. The van der Waals surface area contributed by atoms with Crippen molar-refractivity contribution in [2.75, 3.05) is 25.1 Å². The van der Waals surface area contributed by atoms with Crippen LogP contribution in [0.1, 0.15) is 20.7 Å². The van der Waals surface area contributed by atoms with Crippen molar-refractivity contribution in [2.45, 2.75) is 0 Å². The molecule has 1 aliphatic heterocycles. The lowest BCUT2D eigenvalue weighted by Gasteiger charge is -2.18. The minimum atomic E-state index is -0.825. The van der Waals surface area contributed by atoms with E-state index in [2.05, 4.69) is 0 Å². The van der Waals surface area contributed by atoms with Gasteiger partial charge in [-0.15, -0.1) is 0 Å². The van der Waals surface area contributed by atoms with E-state index in [0.29, 0.717) is 5.69 Å². The summed E-state index contributed by atoms with van der Waals surface area (Å²) in [5.41, 5.74) is 1.17. The third kappa shape index (κ3) is 3.32. The SMILES string of the molecule is CN(C(=O)COC(=O)CN1C(=O)c2ccccc2C1=O)c1ccccc1. The van der Waals surface area contributed by atoms with E-state index < -0.39 is 36.8 Å². The zero-order valence-electron chi connectivity index (χ0n) is 14.0. The predicted molar refractivity (Wildman–Crippen MR) is 92.6 cm³/mol. The monoisotopic (exact) mass is 352 g/mol. The Bertz CT molecular complexity index is 844. The number of hydrogen-bond donors (Lipinski definition) is 0. The van der Waals surface area contributed by atoms with Crippen LogP contribution >= 0.6 is 0 Å². The highest BCUT2D eigenvalue weighted by Gasteiger charge is 2.36. The number of anilines is 1. The van der Waals surface area contributed by atoms with Gasteiger partial charge < -0.3 is 9.64 Å². The zero-order valence-corrected chi connectivity index (χ0v) is 14.0. The van der Waals surface area contributed by atoms with E-state index in [0.717, 1.165) is 4.90 Å². The minimum absolute atomic E-state index is 0.255. The average molecular weight is 352 g/mol. The molecule has 1 aliphatic rings. The van der Waals surface area contributed by atoms with Gasteiger partial charge in [0.1, 0.15) is 6.54 Å². The molecule has 1 heterocycles. The topological polar surface area (TPSA) is 84.0 Å². The smallest absolute Gasteiger partial charge is 0.326 e. The number of hydrogen-bond acceptors (Lipinski definition) is 5. The quantitative estimate of drug-likeness (QED) is 0.601. The van der Waals surface area contributed by atoms with Crippen LogP contribution in [0.2, 0.25) is 0 Å². The Labute approximate surface area is 149 Å². The van der Waals surface area contributed by atoms with E-state index in [4.69, 9.17) is 4.74 Å². The number of esters is 1. The lowest BCUT2D eigenvalue weighted by Crippen LogP contribution is -2.37. The van der Waals surface area contributed by atoms with Crippen molar-refractivity contribution >= 4 is 29.4 Å². The average Bonchev–Trinajstić information content (AvgIpc) is 2.91. The zero-order chi connectivity index (χ0) is 18.7. The van der Waals surface area contributed by atoms with Gasteiger partial charge in [0, 0.05) is 12.7 Å². The third-order valence-electron chi connectivity index (χ3n) is 4.04. The van der Waals surface area contributed by atoms with Crippen molar-refractivity contribution in [3.8, 4) is 0 Å². The second-order valence-electron chi connectivity index (χ2n) is 5.69. The second-order valence-corrected chi connectivity index (χ2v) is 5.69. The van der Waals surface area contributed by atoms with Gasteiger partial charge in [0.05, 0.1) is 11.1 Å². The Balaban J connectivity index is 1.56. The van der Waals surface area contributed by atoms with E-state index in [-0.39, 0.29) is 11.1 Å². The molecule has 0 atom stereocenters. The van der Waals surface area contributed by atoms with Gasteiger partial charge in [0.25, 0.3) is 17.7 Å². The first-order chi connectivity index (χ1) is 12.5. The molecule has 2 aromatic rings. The number of para-hydroxylation sites is 1. The lowest BCUT2D eigenvalue weighted by molar-refractivity contribution is -0.147. The summed E-state index contributed by atoms with van der Waals surface area (Å²) in [4.78, 5) is 50.6. The molecule has 2 aromatic carbocycles. The minimum Gasteiger partial charge on any atom is -0.454 e. The van der Waals surface area contributed by atoms with Gasteiger partial charge in [0.15, 0.2) is 6.61 Å². The normalized spacial score (nSPS) is 12.7. The van der Waals surface area contributed by atoms with Crippen molar-refractivity contribution < 1.29 is 23.9 Å². The van der Waals surface area contributed by atoms with Crippen molar-refractivity contribution in [3.05, 3.63) is 65.7 Å². The molecular weight excluding hydrogens is 336 g/mol. The summed E-state index contributed by atoms with van der Waals surface area (Å²) in [7, 11) is 1.57. The fraction of sp³-hybridized carbons (Fsp3) is 0.158. The molecule has 0 unspecified atom stereocenters. The summed E-state index contributed by atoms with van der Waals surface area (Å²) in [5.74, 6) is -2.34. The van der Waals surface area contributed by atoms with Crippen LogP contribution in [0.5, 0.6) is 0 Å². The summed E-state index contributed by atoms with van der Waals surface area (Å²) in [6, 6.07) is 15.2. The second kappa shape index (κ2) is 7.18. The van der Waals surface area contributed by atoms with Gasteiger partial charge in [-0.05, 0) is 24.3 Å². The summed E-state index contributed by atoms with van der Waals surface area (Å²) in [5, 5.41) is 0. The fourth-order valence-electron chi connectivity index (χ4n) is 2.59. The maximum absolute atomic E-state index is 12.2. The standard InChI is InChI=1S/C19H16N2O5/c1-20(13-7-3-2-4-8-13)16(22)12-26-17(23)11-21-18(24)14-9-5-6-10-15(14)19(21)25/h2-10H,11-12H2,1H3. The Morgan fingerprint density at radius 1 is 0.923 bits per heavy atom. The van der Waals surface area contributed by atoms with Gasteiger partial charge in [-0.1, -0.05) is 30.3 Å². The van der Waals surface area contributed by atoms with E-state index in [1.807, 2.05) is 6.07 Å². The molecule has 0 N–H and O–H groups in total. The van der Waals surface area contributed by atoms with Gasteiger partial charge >= 0.3 is 5.97 Å². The molecule has 0 spiro atoms. The molecule has 26 heavy (non-hydrogen) atoms. The molecule has 7 nitrogen and oxygen atoms in total. The highest BCUT2D eigenvalue weighted by Crippen LogP contribution is 2.22. The highest BCUT2D eigenvalue weighted by molar-refractivity contribution is 6.22. The number of ether oxygens (including phenoxy) is 1. The summed E-state index contributed by atoms with van der Waals surface area (Å²) >= 11 is 0. The van der Waals surface area contributed by atoms with Gasteiger partial charge in [-0.2, -0.15) is 0 Å². The highest BCUT2D eigenvalue weighted by atomic mass is 16.5. The first-order valence-electron chi connectivity index (χ1n) is 7.91. The number of carbonyl (C=O) groups is 4. The molecule has 0 aromatic heterocycles. The molecule has 7 heteroatoms. The van der Waals surface area contributed by atoms with Crippen LogP contribution < -0.4 is 4.90 Å². The van der Waals surface area contributed by atoms with E-state index >= 15 is 0 Å². The Kier molecular flexibility index (Phi) is 4.79. The van der Waals surface area contributed by atoms with E-state index in [9.17, 15) is 19.2 Å². The lowest BCUT2D eigenvalue weighted by atomic mass is 10.1. The number of rotatable bonds is 5. The third-order valence-corrected chi connectivity index (χ3v) is 4.04. The van der Waals surface area contributed by atoms with Crippen molar-refractivity contribution in [3.63, 3.8) is 0 Å². The fourth-order valence-corrected chi connectivity index (χ4v) is 2.59. The van der Waals surface area contributed by atoms with E-state index in [1.54, 1.807) is 43.4 Å².